The third kappa shape index (κ3) is 2.28. The molecule has 0 aliphatic rings. The van der Waals surface area contributed by atoms with Crippen LogP contribution < -0.4 is 4.72 Å². The number of H-pyrrole nitrogens is 1. The average molecular weight is 307 g/mol. The second-order valence-electron chi connectivity index (χ2n) is 3.68. The predicted molar refractivity (Wildman–Crippen MR) is 79.6 cm³/mol. The standard InChI is InChI=1S/C12H7ClN4S2/c13-8-1-2-9(17-19-10-5-15-6-18-10)12-11(8)7(3-14)4-16-12/h1-2,4-6,16-17H. The lowest BCUT2D eigenvalue weighted by atomic mass is 10.1. The van der Waals surface area contributed by atoms with Crippen LogP contribution in [0.1, 0.15) is 5.56 Å². The number of nitrogens with one attached hydrogen (secondary N) is 2. The van der Waals surface area contributed by atoms with Gasteiger partial charge in [0.2, 0.25) is 0 Å². The molecular formula is C12H7ClN4S2. The van der Waals surface area contributed by atoms with E-state index in [9.17, 15) is 0 Å². The number of fused-ring (bicyclic) bond motifs is 1. The Kier molecular flexibility index (Phi) is 3.34. The number of nitrogens with zero attached hydrogens (tertiary/aromatic N) is 2. The van der Waals surface area contributed by atoms with E-state index in [-0.39, 0.29) is 0 Å². The Morgan fingerprint density at radius 3 is 3.11 bits per heavy atom. The number of rotatable bonds is 3. The summed E-state index contributed by atoms with van der Waals surface area (Å²) in [6.07, 6.45) is 3.46. The third-order valence-electron chi connectivity index (χ3n) is 2.58. The second kappa shape index (κ2) is 5.13. The Morgan fingerprint density at radius 1 is 1.47 bits per heavy atom. The Labute approximate surface area is 122 Å². The van der Waals surface area contributed by atoms with Crippen molar-refractivity contribution < 1.29 is 0 Å². The first-order valence-electron chi connectivity index (χ1n) is 5.30. The van der Waals surface area contributed by atoms with E-state index in [4.69, 9.17) is 16.9 Å². The molecule has 3 rings (SSSR count). The van der Waals surface area contributed by atoms with Crippen LogP contribution in [0.25, 0.3) is 10.9 Å². The molecular weight excluding hydrogens is 300 g/mol. The minimum Gasteiger partial charge on any atom is -0.358 e. The lowest BCUT2D eigenvalue weighted by Gasteiger charge is -2.06. The smallest absolute Gasteiger partial charge is 0.101 e. The second-order valence-corrected chi connectivity index (χ2v) is 6.08. The van der Waals surface area contributed by atoms with Crippen molar-refractivity contribution in [2.24, 2.45) is 0 Å². The van der Waals surface area contributed by atoms with Gasteiger partial charge in [0.25, 0.3) is 0 Å². The fourth-order valence-electron chi connectivity index (χ4n) is 1.74. The van der Waals surface area contributed by atoms with Crippen molar-refractivity contribution in [3.63, 3.8) is 0 Å². The molecule has 94 valence electrons. The molecule has 0 atom stereocenters. The van der Waals surface area contributed by atoms with Gasteiger partial charge in [-0.05, 0) is 24.1 Å². The van der Waals surface area contributed by atoms with Gasteiger partial charge in [0, 0.05) is 11.6 Å². The number of anilines is 1. The summed E-state index contributed by atoms with van der Waals surface area (Å²) in [6.45, 7) is 0. The normalized spacial score (nSPS) is 10.5. The molecule has 0 bridgehead atoms. The van der Waals surface area contributed by atoms with E-state index in [2.05, 4.69) is 20.8 Å². The molecule has 19 heavy (non-hydrogen) atoms. The van der Waals surface area contributed by atoms with Gasteiger partial charge in [0.1, 0.15) is 10.3 Å². The van der Waals surface area contributed by atoms with Crippen LogP contribution in [0.15, 0.2) is 34.2 Å². The Hall–Kier alpha value is -1.68. The molecule has 4 nitrogen and oxygen atoms in total. The zero-order valence-electron chi connectivity index (χ0n) is 9.48. The Bertz CT molecular complexity index is 758. The molecule has 3 aromatic rings. The highest BCUT2D eigenvalue weighted by Crippen LogP contribution is 2.34. The van der Waals surface area contributed by atoms with E-state index in [1.165, 1.54) is 11.9 Å². The van der Waals surface area contributed by atoms with Crippen LogP contribution in [0.5, 0.6) is 0 Å². The van der Waals surface area contributed by atoms with Crippen molar-refractivity contribution in [3.8, 4) is 6.07 Å². The molecule has 2 N–H and O–H groups in total. The van der Waals surface area contributed by atoms with Crippen LogP contribution in [0.4, 0.5) is 5.69 Å². The first-order valence-corrected chi connectivity index (χ1v) is 7.38. The molecule has 0 fully saturated rings. The summed E-state index contributed by atoms with van der Waals surface area (Å²) in [5.74, 6) is 0. The minimum absolute atomic E-state index is 0.548. The van der Waals surface area contributed by atoms with Gasteiger partial charge in [0.05, 0.1) is 33.5 Å². The van der Waals surface area contributed by atoms with Crippen LogP contribution in [0.3, 0.4) is 0 Å². The van der Waals surface area contributed by atoms with Gasteiger partial charge in [-0.3, -0.25) is 4.98 Å². The van der Waals surface area contributed by atoms with Crippen LogP contribution in [0, 0.1) is 11.3 Å². The molecule has 2 heterocycles. The zero-order valence-corrected chi connectivity index (χ0v) is 11.9. The summed E-state index contributed by atoms with van der Waals surface area (Å²) in [7, 11) is 0. The number of benzene rings is 1. The highest BCUT2D eigenvalue weighted by Gasteiger charge is 2.11. The zero-order chi connectivity index (χ0) is 13.2. The highest BCUT2D eigenvalue weighted by molar-refractivity contribution is 8.02. The summed E-state index contributed by atoms with van der Waals surface area (Å²) >= 11 is 9.18. The van der Waals surface area contributed by atoms with Crippen LogP contribution >= 0.6 is 34.9 Å². The number of aromatic nitrogens is 2. The number of hydrogen-bond donors (Lipinski definition) is 2. The van der Waals surface area contributed by atoms with E-state index < -0.39 is 0 Å². The predicted octanol–water partition coefficient (Wildman–Crippen LogP) is 4.27. The van der Waals surface area contributed by atoms with Gasteiger partial charge >= 0.3 is 0 Å². The SMILES string of the molecule is N#Cc1c[nH]c2c(NSc3cncs3)ccc(Cl)c12. The van der Waals surface area contributed by atoms with E-state index >= 15 is 0 Å². The van der Waals surface area contributed by atoms with E-state index in [1.807, 2.05) is 6.07 Å². The number of nitriles is 1. The summed E-state index contributed by atoms with van der Waals surface area (Å²) in [5.41, 5.74) is 4.05. The molecule has 0 spiro atoms. The first kappa shape index (κ1) is 12.4. The average Bonchev–Trinajstić information content (AvgIpc) is 3.07. The largest absolute Gasteiger partial charge is 0.358 e. The van der Waals surface area contributed by atoms with Crippen LogP contribution in [-0.4, -0.2) is 9.97 Å². The number of aromatic amines is 1. The van der Waals surface area contributed by atoms with Crippen molar-refractivity contribution >= 4 is 51.5 Å². The number of halogens is 1. The molecule has 1 aromatic carbocycles. The van der Waals surface area contributed by atoms with Gasteiger partial charge in [0.15, 0.2) is 0 Å². The van der Waals surface area contributed by atoms with Gasteiger partial charge in [-0.2, -0.15) is 5.26 Å². The highest BCUT2D eigenvalue weighted by atomic mass is 35.5. The topological polar surface area (TPSA) is 64.5 Å². The fourth-order valence-corrected chi connectivity index (χ4v) is 3.29. The summed E-state index contributed by atoms with van der Waals surface area (Å²) < 4.78 is 4.31. The maximum atomic E-state index is 9.06. The monoisotopic (exact) mass is 306 g/mol. The molecule has 7 heteroatoms. The maximum absolute atomic E-state index is 9.06. The van der Waals surface area contributed by atoms with E-state index in [1.54, 1.807) is 35.3 Å². The van der Waals surface area contributed by atoms with Crippen molar-refractivity contribution in [1.29, 1.82) is 5.26 Å². The molecule has 0 unspecified atom stereocenters. The number of hydrogen-bond acceptors (Lipinski definition) is 5. The van der Waals surface area contributed by atoms with E-state index in [0.29, 0.717) is 10.6 Å². The molecule has 0 aliphatic carbocycles. The van der Waals surface area contributed by atoms with Gasteiger partial charge in [-0.15, -0.1) is 11.3 Å². The molecule has 0 aliphatic heterocycles. The van der Waals surface area contributed by atoms with Gasteiger partial charge < -0.3 is 9.71 Å². The molecule has 2 aromatic heterocycles. The molecule has 0 amide bonds. The van der Waals surface area contributed by atoms with Crippen LogP contribution in [-0.2, 0) is 0 Å². The number of thiazole rings is 1. The van der Waals surface area contributed by atoms with Crippen molar-refractivity contribution in [1.82, 2.24) is 9.97 Å². The summed E-state index contributed by atoms with van der Waals surface area (Å²) in [4.78, 5) is 7.10. The first-order chi connectivity index (χ1) is 9.29. The quantitative estimate of drug-likeness (QED) is 0.709. The maximum Gasteiger partial charge on any atom is 0.101 e. The van der Waals surface area contributed by atoms with Crippen molar-refractivity contribution in [3.05, 3.63) is 40.6 Å². The fraction of sp³-hybridized carbons (Fsp3) is 0. The summed E-state index contributed by atoms with van der Waals surface area (Å²) in [6, 6.07) is 5.80. The van der Waals surface area contributed by atoms with Crippen molar-refractivity contribution in [2.75, 3.05) is 4.72 Å². The Morgan fingerprint density at radius 2 is 2.37 bits per heavy atom. The lowest BCUT2D eigenvalue weighted by Crippen LogP contribution is -1.87. The lowest BCUT2D eigenvalue weighted by molar-refractivity contribution is 1.38. The molecule has 0 saturated carbocycles. The van der Waals surface area contributed by atoms with Gasteiger partial charge in [-0.1, -0.05) is 11.6 Å². The van der Waals surface area contributed by atoms with Crippen molar-refractivity contribution in [2.45, 2.75) is 4.21 Å². The molecule has 0 radical (unpaired) electrons. The van der Waals surface area contributed by atoms with E-state index in [0.717, 1.165) is 20.8 Å². The van der Waals surface area contributed by atoms with Gasteiger partial charge in [-0.25, -0.2) is 0 Å². The minimum atomic E-state index is 0.548. The third-order valence-corrected chi connectivity index (χ3v) is 4.62. The summed E-state index contributed by atoms with van der Waals surface area (Å²) in [5, 5.41) is 10.4. The molecule has 0 saturated heterocycles. The Balaban J connectivity index is 1.98. The van der Waals surface area contributed by atoms with Crippen LogP contribution in [0.2, 0.25) is 5.02 Å².